The van der Waals surface area contributed by atoms with E-state index in [1.165, 1.54) is 13.8 Å². The van der Waals surface area contributed by atoms with E-state index in [1.54, 1.807) is 0 Å². The minimum atomic E-state index is -3.41. The van der Waals surface area contributed by atoms with E-state index in [0.29, 0.717) is 6.54 Å². The Morgan fingerprint density at radius 2 is 1.88 bits per heavy atom. The van der Waals surface area contributed by atoms with Crippen molar-refractivity contribution in [2.75, 3.05) is 12.8 Å². The number of nitrogens with one attached hydrogen (secondary N) is 1. The molecule has 1 amide bonds. The van der Waals surface area contributed by atoms with Crippen molar-refractivity contribution in [3.8, 4) is 0 Å². The lowest BCUT2D eigenvalue weighted by molar-refractivity contribution is -0.123. The molecule has 0 atom stereocenters. The lowest BCUT2D eigenvalue weighted by Gasteiger charge is -2.38. The van der Waals surface area contributed by atoms with Gasteiger partial charge < -0.3 is 11.1 Å². The molecule has 0 bridgehead atoms. The second-order valence-corrected chi connectivity index (χ2v) is 7.75. The third kappa shape index (κ3) is 3.56. The predicted octanol–water partition coefficient (Wildman–Crippen LogP) is 0.229. The molecular formula is C10H21ClN2O3S. The van der Waals surface area contributed by atoms with Gasteiger partial charge >= 0.3 is 0 Å². The summed E-state index contributed by atoms with van der Waals surface area (Å²) in [6.45, 7) is 3.16. The molecule has 0 unspecified atom stereocenters. The molecule has 5 nitrogen and oxygen atoms in total. The molecule has 0 aromatic carbocycles. The Morgan fingerprint density at radius 1 is 1.41 bits per heavy atom. The molecule has 0 aromatic rings. The van der Waals surface area contributed by atoms with Gasteiger partial charge in [0.05, 0.1) is 0 Å². The number of hydrogen-bond donors (Lipinski definition) is 2. The monoisotopic (exact) mass is 284 g/mol. The number of sulfone groups is 1. The maximum atomic E-state index is 11.8. The molecule has 1 aliphatic rings. The molecule has 102 valence electrons. The zero-order valence-corrected chi connectivity index (χ0v) is 12.1. The molecule has 1 fully saturated rings. The summed E-state index contributed by atoms with van der Waals surface area (Å²) < 4.78 is 21.4. The fourth-order valence-corrected chi connectivity index (χ4v) is 1.85. The molecule has 0 aromatic heterocycles. The maximum absolute atomic E-state index is 11.8. The minimum absolute atomic E-state index is 0. The Labute approximate surface area is 109 Å². The number of hydrogen-bond acceptors (Lipinski definition) is 4. The van der Waals surface area contributed by atoms with Crippen molar-refractivity contribution in [3.63, 3.8) is 0 Å². The van der Waals surface area contributed by atoms with Crippen LogP contribution in [0.4, 0.5) is 0 Å². The largest absolute Gasteiger partial charge is 0.353 e. The standard InChI is InChI=1S/C10H20N2O3S.ClH/c1-9(2,16(3,14)15)8(13)12-7-10(11)5-4-6-10;/h4-7,11H2,1-3H3,(H,12,13);1H. The maximum Gasteiger partial charge on any atom is 0.240 e. The van der Waals surface area contributed by atoms with Crippen molar-refractivity contribution in [2.24, 2.45) is 5.73 Å². The fourth-order valence-electron chi connectivity index (χ4n) is 1.45. The van der Waals surface area contributed by atoms with Gasteiger partial charge in [-0.2, -0.15) is 0 Å². The fraction of sp³-hybridized carbons (Fsp3) is 0.900. The SMILES string of the molecule is CC(C)(C(=O)NCC1(N)CCC1)S(C)(=O)=O.Cl. The minimum Gasteiger partial charge on any atom is -0.353 e. The molecular weight excluding hydrogens is 264 g/mol. The molecule has 3 N–H and O–H groups in total. The summed E-state index contributed by atoms with van der Waals surface area (Å²) in [6, 6.07) is 0. The summed E-state index contributed by atoms with van der Waals surface area (Å²) in [6.07, 6.45) is 3.90. The second-order valence-electron chi connectivity index (χ2n) is 5.18. The van der Waals surface area contributed by atoms with Gasteiger partial charge in [-0.1, -0.05) is 0 Å². The lowest BCUT2D eigenvalue weighted by Crippen LogP contribution is -2.58. The first kappa shape index (κ1) is 16.7. The van der Waals surface area contributed by atoms with Crippen molar-refractivity contribution in [1.82, 2.24) is 5.32 Å². The average Bonchev–Trinajstić information content (AvgIpc) is 2.09. The highest BCUT2D eigenvalue weighted by Gasteiger charge is 2.40. The van der Waals surface area contributed by atoms with Gasteiger partial charge in [-0.15, -0.1) is 12.4 Å². The Hall–Kier alpha value is -0.330. The van der Waals surface area contributed by atoms with Crippen LogP contribution in [0.15, 0.2) is 0 Å². The van der Waals surface area contributed by atoms with Crippen molar-refractivity contribution >= 4 is 28.2 Å². The highest BCUT2D eigenvalue weighted by atomic mass is 35.5. The van der Waals surface area contributed by atoms with E-state index in [9.17, 15) is 13.2 Å². The molecule has 17 heavy (non-hydrogen) atoms. The van der Waals surface area contributed by atoms with Crippen molar-refractivity contribution in [1.29, 1.82) is 0 Å². The van der Waals surface area contributed by atoms with E-state index in [2.05, 4.69) is 5.32 Å². The van der Waals surface area contributed by atoms with E-state index in [-0.39, 0.29) is 17.9 Å². The van der Waals surface area contributed by atoms with Crippen LogP contribution < -0.4 is 11.1 Å². The summed E-state index contributed by atoms with van der Waals surface area (Å²) in [5.74, 6) is -0.480. The van der Waals surface area contributed by atoms with E-state index >= 15 is 0 Å². The second kappa shape index (κ2) is 5.12. The van der Waals surface area contributed by atoms with Gasteiger partial charge in [0.1, 0.15) is 4.75 Å². The molecule has 0 heterocycles. The summed E-state index contributed by atoms with van der Waals surface area (Å²) in [4.78, 5) is 11.8. The van der Waals surface area contributed by atoms with Gasteiger partial charge in [0.2, 0.25) is 5.91 Å². The third-order valence-corrected chi connectivity index (χ3v) is 5.46. The van der Waals surface area contributed by atoms with Crippen LogP contribution in [0.1, 0.15) is 33.1 Å². The van der Waals surface area contributed by atoms with Gasteiger partial charge in [-0.05, 0) is 33.1 Å². The van der Waals surface area contributed by atoms with Crippen molar-refractivity contribution < 1.29 is 13.2 Å². The van der Waals surface area contributed by atoms with E-state index in [0.717, 1.165) is 25.5 Å². The van der Waals surface area contributed by atoms with E-state index in [1.807, 2.05) is 0 Å². The van der Waals surface area contributed by atoms with Gasteiger partial charge in [0.25, 0.3) is 0 Å². The predicted molar refractivity (Wildman–Crippen MR) is 69.9 cm³/mol. The third-order valence-electron chi connectivity index (χ3n) is 3.42. The van der Waals surface area contributed by atoms with Crippen molar-refractivity contribution in [2.45, 2.75) is 43.4 Å². The van der Waals surface area contributed by atoms with Crippen LogP contribution in [-0.4, -0.2) is 37.4 Å². The first-order chi connectivity index (χ1) is 7.08. The van der Waals surface area contributed by atoms with Gasteiger partial charge in [-0.25, -0.2) is 8.42 Å². The summed E-state index contributed by atoms with van der Waals surface area (Å²) in [5.41, 5.74) is 5.61. The molecule has 0 spiro atoms. The first-order valence-electron chi connectivity index (χ1n) is 5.35. The van der Waals surface area contributed by atoms with Crippen molar-refractivity contribution in [3.05, 3.63) is 0 Å². The van der Waals surface area contributed by atoms with Crippen LogP contribution in [-0.2, 0) is 14.6 Å². The van der Waals surface area contributed by atoms with Crippen LogP contribution in [0, 0.1) is 0 Å². The molecule has 1 saturated carbocycles. The summed E-state index contributed by atoms with van der Waals surface area (Å²) >= 11 is 0. The Morgan fingerprint density at radius 3 is 2.18 bits per heavy atom. The van der Waals surface area contributed by atoms with Crippen LogP contribution in [0.2, 0.25) is 0 Å². The number of amides is 1. The number of carbonyl (C=O) groups excluding carboxylic acids is 1. The number of halogens is 1. The Kier molecular flexibility index (Phi) is 5.02. The highest BCUT2D eigenvalue weighted by Crippen LogP contribution is 2.28. The van der Waals surface area contributed by atoms with Gasteiger partial charge in [-0.3, -0.25) is 4.79 Å². The molecule has 0 radical (unpaired) electrons. The summed E-state index contributed by atoms with van der Waals surface area (Å²) in [7, 11) is -3.41. The number of rotatable bonds is 4. The molecule has 0 saturated heterocycles. The van der Waals surface area contributed by atoms with E-state index in [4.69, 9.17) is 5.73 Å². The Balaban J connectivity index is 0.00000256. The van der Waals surface area contributed by atoms with Crippen LogP contribution in [0.5, 0.6) is 0 Å². The summed E-state index contributed by atoms with van der Waals surface area (Å²) in [5, 5.41) is 2.63. The zero-order valence-electron chi connectivity index (χ0n) is 10.4. The molecule has 1 aliphatic carbocycles. The normalized spacial score (nSPS) is 18.8. The lowest BCUT2D eigenvalue weighted by atomic mass is 9.78. The average molecular weight is 285 g/mol. The molecule has 0 aliphatic heterocycles. The first-order valence-corrected chi connectivity index (χ1v) is 7.24. The van der Waals surface area contributed by atoms with Crippen LogP contribution >= 0.6 is 12.4 Å². The highest BCUT2D eigenvalue weighted by molar-refractivity contribution is 7.92. The Bertz CT molecular complexity index is 388. The quantitative estimate of drug-likeness (QED) is 0.773. The molecule has 1 rings (SSSR count). The van der Waals surface area contributed by atoms with Crippen LogP contribution in [0.3, 0.4) is 0 Å². The zero-order chi connectivity index (χ0) is 12.6. The number of carbonyl (C=O) groups is 1. The molecule has 7 heteroatoms. The van der Waals surface area contributed by atoms with Gasteiger partial charge in [0.15, 0.2) is 9.84 Å². The topological polar surface area (TPSA) is 89.3 Å². The number of nitrogens with two attached hydrogens (primary N) is 1. The van der Waals surface area contributed by atoms with E-state index < -0.39 is 20.5 Å². The van der Waals surface area contributed by atoms with Gasteiger partial charge in [0, 0.05) is 18.3 Å². The van der Waals surface area contributed by atoms with Crippen LogP contribution in [0.25, 0.3) is 0 Å². The smallest absolute Gasteiger partial charge is 0.240 e.